The summed E-state index contributed by atoms with van der Waals surface area (Å²) in [4.78, 5) is 0. The van der Waals surface area contributed by atoms with Crippen LogP contribution in [-0.2, 0) is 11.2 Å². The number of rotatable bonds is 2. The van der Waals surface area contributed by atoms with Crippen LogP contribution in [0, 0.1) is 5.82 Å². The van der Waals surface area contributed by atoms with Gasteiger partial charge < -0.3 is 10.1 Å². The van der Waals surface area contributed by atoms with Crippen molar-refractivity contribution < 1.29 is 9.13 Å². The Labute approximate surface area is 83.1 Å². The second kappa shape index (κ2) is 4.07. The predicted molar refractivity (Wildman–Crippen MR) is 52.7 cm³/mol. The molecule has 3 heteroatoms. The van der Waals surface area contributed by atoms with Crippen molar-refractivity contribution in [2.45, 2.75) is 12.5 Å². The van der Waals surface area contributed by atoms with Crippen molar-refractivity contribution in [1.29, 1.82) is 0 Å². The van der Waals surface area contributed by atoms with E-state index in [-0.39, 0.29) is 11.9 Å². The van der Waals surface area contributed by atoms with Crippen molar-refractivity contribution in [3.63, 3.8) is 0 Å². The van der Waals surface area contributed by atoms with Crippen LogP contribution in [0.15, 0.2) is 18.2 Å². The summed E-state index contributed by atoms with van der Waals surface area (Å²) < 4.78 is 19.0. The molecule has 0 saturated heterocycles. The third kappa shape index (κ3) is 1.65. The molecule has 14 heavy (non-hydrogen) atoms. The van der Waals surface area contributed by atoms with Crippen LogP contribution in [0.4, 0.5) is 4.39 Å². The fourth-order valence-electron chi connectivity index (χ4n) is 1.89. The van der Waals surface area contributed by atoms with E-state index in [2.05, 4.69) is 5.32 Å². The van der Waals surface area contributed by atoms with Gasteiger partial charge in [0.25, 0.3) is 0 Å². The quantitative estimate of drug-likeness (QED) is 0.775. The summed E-state index contributed by atoms with van der Waals surface area (Å²) in [6.07, 6.45) is 0.682. The first-order chi connectivity index (χ1) is 6.83. The monoisotopic (exact) mass is 195 g/mol. The number of benzene rings is 1. The molecule has 0 aliphatic carbocycles. The molecule has 1 aliphatic heterocycles. The molecule has 0 saturated carbocycles. The largest absolute Gasteiger partial charge is 0.372 e. The van der Waals surface area contributed by atoms with E-state index in [1.807, 2.05) is 13.1 Å². The Balaban J connectivity index is 2.34. The maximum Gasteiger partial charge on any atom is 0.126 e. The van der Waals surface area contributed by atoms with Crippen LogP contribution in [0.1, 0.15) is 17.2 Å². The second-order valence-electron chi connectivity index (χ2n) is 3.47. The van der Waals surface area contributed by atoms with E-state index in [0.29, 0.717) is 13.0 Å². The molecule has 2 rings (SSSR count). The molecule has 0 amide bonds. The molecule has 2 nitrogen and oxygen atoms in total. The SMILES string of the molecule is CNCC1OCCc2c(F)cccc21. The number of hydrogen-bond acceptors (Lipinski definition) is 2. The van der Waals surface area contributed by atoms with Gasteiger partial charge in [0, 0.05) is 6.54 Å². The molecular weight excluding hydrogens is 181 g/mol. The van der Waals surface area contributed by atoms with Gasteiger partial charge in [-0.15, -0.1) is 0 Å². The highest BCUT2D eigenvalue weighted by Crippen LogP contribution is 2.27. The van der Waals surface area contributed by atoms with E-state index in [0.717, 1.165) is 17.7 Å². The van der Waals surface area contributed by atoms with Crippen molar-refractivity contribution in [3.8, 4) is 0 Å². The first-order valence-corrected chi connectivity index (χ1v) is 4.86. The zero-order valence-corrected chi connectivity index (χ0v) is 8.22. The molecule has 1 aromatic rings. The summed E-state index contributed by atoms with van der Waals surface area (Å²) in [5, 5.41) is 3.05. The van der Waals surface area contributed by atoms with Gasteiger partial charge in [0.15, 0.2) is 0 Å². The average molecular weight is 195 g/mol. The van der Waals surface area contributed by atoms with Gasteiger partial charge in [-0.3, -0.25) is 0 Å². The first-order valence-electron chi connectivity index (χ1n) is 4.86. The molecule has 0 radical (unpaired) electrons. The van der Waals surface area contributed by atoms with Crippen LogP contribution in [-0.4, -0.2) is 20.2 Å². The minimum absolute atomic E-state index is 0.000509. The molecular formula is C11H14FNO. The van der Waals surface area contributed by atoms with E-state index in [1.54, 1.807) is 6.07 Å². The van der Waals surface area contributed by atoms with Crippen LogP contribution < -0.4 is 5.32 Å². The topological polar surface area (TPSA) is 21.3 Å². The first kappa shape index (κ1) is 9.62. The number of halogens is 1. The fraction of sp³-hybridized carbons (Fsp3) is 0.455. The summed E-state index contributed by atoms with van der Waals surface area (Å²) >= 11 is 0. The highest BCUT2D eigenvalue weighted by molar-refractivity contribution is 5.32. The lowest BCUT2D eigenvalue weighted by Crippen LogP contribution is -2.25. The Morgan fingerprint density at radius 2 is 2.43 bits per heavy atom. The lowest BCUT2D eigenvalue weighted by molar-refractivity contribution is 0.0427. The smallest absolute Gasteiger partial charge is 0.126 e. The van der Waals surface area contributed by atoms with Crippen molar-refractivity contribution in [2.24, 2.45) is 0 Å². The Hall–Kier alpha value is -0.930. The summed E-state index contributed by atoms with van der Waals surface area (Å²) in [5.41, 5.74) is 1.81. The van der Waals surface area contributed by atoms with Gasteiger partial charge in [0.2, 0.25) is 0 Å². The zero-order chi connectivity index (χ0) is 9.97. The molecule has 0 bridgehead atoms. The number of fused-ring (bicyclic) bond motifs is 1. The molecule has 1 aromatic carbocycles. The molecule has 0 aromatic heterocycles. The van der Waals surface area contributed by atoms with E-state index in [4.69, 9.17) is 4.74 Å². The van der Waals surface area contributed by atoms with Crippen LogP contribution in [0.3, 0.4) is 0 Å². The third-order valence-electron chi connectivity index (χ3n) is 2.56. The predicted octanol–water partition coefficient (Wildman–Crippen LogP) is 1.66. The number of hydrogen-bond donors (Lipinski definition) is 1. The van der Waals surface area contributed by atoms with Gasteiger partial charge in [0.1, 0.15) is 5.82 Å². The molecule has 76 valence electrons. The molecule has 1 unspecified atom stereocenters. The Morgan fingerprint density at radius 3 is 3.21 bits per heavy atom. The summed E-state index contributed by atoms with van der Waals surface area (Å²) in [5.74, 6) is -0.105. The van der Waals surface area contributed by atoms with Crippen LogP contribution in [0.25, 0.3) is 0 Å². The lowest BCUT2D eigenvalue weighted by Gasteiger charge is -2.26. The highest BCUT2D eigenvalue weighted by Gasteiger charge is 2.21. The van der Waals surface area contributed by atoms with Crippen molar-refractivity contribution in [1.82, 2.24) is 5.32 Å². The van der Waals surface area contributed by atoms with E-state index in [9.17, 15) is 4.39 Å². The van der Waals surface area contributed by atoms with E-state index < -0.39 is 0 Å². The molecule has 1 aliphatic rings. The minimum Gasteiger partial charge on any atom is -0.372 e. The van der Waals surface area contributed by atoms with E-state index >= 15 is 0 Å². The zero-order valence-electron chi connectivity index (χ0n) is 8.22. The molecule has 0 spiro atoms. The van der Waals surface area contributed by atoms with Gasteiger partial charge in [-0.2, -0.15) is 0 Å². The van der Waals surface area contributed by atoms with Crippen molar-refractivity contribution in [3.05, 3.63) is 35.1 Å². The minimum atomic E-state index is -0.105. The molecule has 1 atom stereocenters. The summed E-state index contributed by atoms with van der Waals surface area (Å²) in [7, 11) is 1.87. The molecule has 1 N–H and O–H groups in total. The maximum absolute atomic E-state index is 13.4. The van der Waals surface area contributed by atoms with Crippen molar-refractivity contribution in [2.75, 3.05) is 20.2 Å². The standard InChI is InChI=1S/C11H14FNO/c1-13-7-11-9-3-2-4-10(12)8(9)5-6-14-11/h2-4,11,13H,5-7H2,1H3. The Kier molecular flexibility index (Phi) is 2.79. The van der Waals surface area contributed by atoms with Gasteiger partial charge in [-0.05, 0) is 30.7 Å². The van der Waals surface area contributed by atoms with E-state index in [1.165, 1.54) is 6.07 Å². The highest BCUT2D eigenvalue weighted by atomic mass is 19.1. The second-order valence-corrected chi connectivity index (χ2v) is 3.47. The Morgan fingerprint density at radius 1 is 1.57 bits per heavy atom. The van der Waals surface area contributed by atoms with Gasteiger partial charge in [0.05, 0.1) is 12.7 Å². The number of likely N-dealkylation sites (N-methyl/N-ethyl adjacent to an activating group) is 1. The van der Waals surface area contributed by atoms with Gasteiger partial charge in [-0.25, -0.2) is 4.39 Å². The maximum atomic E-state index is 13.4. The molecule has 1 heterocycles. The number of nitrogens with one attached hydrogen (secondary N) is 1. The van der Waals surface area contributed by atoms with Gasteiger partial charge >= 0.3 is 0 Å². The number of ether oxygens (including phenoxy) is 1. The normalized spacial score (nSPS) is 20.6. The molecule has 0 fully saturated rings. The fourth-order valence-corrected chi connectivity index (χ4v) is 1.89. The summed E-state index contributed by atoms with van der Waals surface area (Å²) in [6.45, 7) is 1.34. The van der Waals surface area contributed by atoms with Crippen molar-refractivity contribution >= 4 is 0 Å². The third-order valence-corrected chi connectivity index (χ3v) is 2.56. The average Bonchev–Trinajstić information content (AvgIpc) is 2.20. The van der Waals surface area contributed by atoms with Crippen LogP contribution in [0.2, 0.25) is 0 Å². The summed E-state index contributed by atoms with van der Waals surface area (Å²) in [6, 6.07) is 5.20. The lowest BCUT2D eigenvalue weighted by atomic mass is 9.97. The van der Waals surface area contributed by atoms with Gasteiger partial charge in [-0.1, -0.05) is 12.1 Å². The Bertz CT molecular complexity index is 327. The van der Waals surface area contributed by atoms with Crippen LogP contribution in [0.5, 0.6) is 0 Å². The van der Waals surface area contributed by atoms with Crippen LogP contribution >= 0.6 is 0 Å².